The van der Waals surface area contributed by atoms with Gasteiger partial charge in [-0.25, -0.2) is 4.98 Å². The lowest BCUT2D eigenvalue weighted by atomic mass is 10.1. The lowest BCUT2D eigenvalue weighted by Crippen LogP contribution is -2.51. The second-order valence-electron chi connectivity index (χ2n) is 7.94. The first kappa shape index (κ1) is 21.5. The van der Waals surface area contributed by atoms with Gasteiger partial charge in [0, 0.05) is 50.5 Å². The van der Waals surface area contributed by atoms with Gasteiger partial charge in [-0.1, -0.05) is 13.0 Å². The molecule has 166 valence electrons. The van der Waals surface area contributed by atoms with E-state index in [2.05, 4.69) is 20.2 Å². The zero-order valence-corrected chi connectivity index (χ0v) is 17.9. The average molecular weight is 429 g/mol. The Balaban J connectivity index is 1.35. The molecule has 2 fully saturated rings. The Morgan fingerprint density at radius 2 is 2.03 bits per heavy atom. The SMILES string of the molecule is CCc1ccc([C@H]2C[C@@H](N3CCN(c4ccc(C(=O)NC)nc4F)CC3)CO2)[nH]c1=O. The van der Waals surface area contributed by atoms with E-state index in [4.69, 9.17) is 4.74 Å². The molecule has 2 N–H and O–H groups in total. The van der Waals surface area contributed by atoms with E-state index in [0.29, 0.717) is 31.8 Å². The van der Waals surface area contributed by atoms with Crippen LogP contribution in [0.15, 0.2) is 29.1 Å². The summed E-state index contributed by atoms with van der Waals surface area (Å²) in [5.41, 5.74) is 2.05. The third-order valence-electron chi connectivity index (χ3n) is 6.18. The lowest BCUT2D eigenvalue weighted by Gasteiger charge is -2.38. The molecule has 4 heterocycles. The molecule has 2 aromatic rings. The highest BCUT2D eigenvalue weighted by Gasteiger charge is 2.33. The van der Waals surface area contributed by atoms with E-state index in [0.717, 1.165) is 30.8 Å². The fourth-order valence-electron chi connectivity index (χ4n) is 4.31. The van der Waals surface area contributed by atoms with Crippen LogP contribution >= 0.6 is 0 Å². The quantitative estimate of drug-likeness (QED) is 0.700. The van der Waals surface area contributed by atoms with Gasteiger partial charge < -0.3 is 19.9 Å². The molecule has 0 bridgehead atoms. The van der Waals surface area contributed by atoms with Crippen molar-refractivity contribution < 1.29 is 13.9 Å². The molecule has 0 saturated carbocycles. The van der Waals surface area contributed by atoms with Crippen molar-refractivity contribution in [1.29, 1.82) is 0 Å². The lowest BCUT2D eigenvalue weighted by molar-refractivity contribution is 0.0929. The number of carbonyl (C=O) groups is 1. The Labute approximate surface area is 180 Å². The summed E-state index contributed by atoms with van der Waals surface area (Å²) in [6, 6.07) is 7.25. The van der Waals surface area contributed by atoms with E-state index in [-0.39, 0.29) is 23.4 Å². The van der Waals surface area contributed by atoms with Crippen molar-refractivity contribution in [2.45, 2.75) is 31.9 Å². The molecule has 2 aliphatic heterocycles. The fourth-order valence-corrected chi connectivity index (χ4v) is 4.31. The Morgan fingerprint density at radius 3 is 2.68 bits per heavy atom. The number of ether oxygens (including phenoxy) is 1. The number of amides is 1. The van der Waals surface area contributed by atoms with Gasteiger partial charge in [-0.3, -0.25) is 14.5 Å². The van der Waals surface area contributed by atoms with Crippen LogP contribution in [0.1, 0.15) is 41.2 Å². The molecule has 0 radical (unpaired) electrons. The first-order valence-electron chi connectivity index (χ1n) is 10.7. The molecule has 31 heavy (non-hydrogen) atoms. The maximum Gasteiger partial charge on any atom is 0.269 e. The van der Waals surface area contributed by atoms with Gasteiger partial charge in [0.25, 0.3) is 11.5 Å². The highest BCUT2D eigenvalue weighted by Crippen LogP contribution is 2.31. The molecule has 2 aliphatic rings. The first-order chi connectivity index (χ1) is 15.0. The summed E-state index contributed by atoms with van der Waals surface area (Å²) in [6.07, 6.45) is 1.41. The summed E-state index contributed by atoms with van der Waals surface area (Å²) in [4.78, 5) is 34.8. The van der Waals surface area contributed by atoms with E-state index in [9.17, 15) is 14.0 Å². The number of hydrogen-bond acceptors (Lipinski definition) is 6. The number of aromatic nitrogens is 2. The molecule has 0 aliphatic carbocycles. The summed E-state index contributed by atoms with van der Waals surface area (Å²) in [5.74, 6) is -1.03. The molecule has 2 atom stereocenters. The molecule has 0 aromatic carbocycles. The number of rotatable bonds is 5. The third-order valence-corrected chi connectivity index (χ3v) is 6.18. The monoisotopic (exact) mass is 429 g/mol. The van der Waals surface area contributed by atoms with Crippen molar-refractivity contribution in [3.63, 3.8) is 0 Å². The number of anilines is 1. The molecule has 0 unspecified atom stereocenters. The number of halogens is 1. The average Bonchev–Trinajstić information content (AvgIpc) is 3.29. The standard InChI is InChI=1S/C22H28FN5O3/c1-3-14-4-5-16(26-21(14)29)19-12-15(13-31-19)27-8-10-28(11-9-27)18-7-6-17(22(30)24-2)25-20(18)23/h4-7,15,19H,3,8-13H2,1-2H3,(H,24,30)(H,26,29)/t15-,19-/m1/s1. The van der Waals surface area contributed by atoms with Crippen molar-refractivity contribution in [2.24, 2.45) is 0 Å². The summed E-state index contributed by atoms with van der Waals surface area (Å²) < 4.78 is 20.4. The van der Waals surface area contributed by atoms with Gasteiger partial charge in [0.15, 0.2) is 0 Å². The Hall–Kier alpha value is -2.78. The fraction of sp³-hybridized carbons (Fsp3) is 0.500. The van der Waals surface area contributed by atoms with Crippen LogP contribution in [0.2, 0.25) is 0 Å². The second kappa shape index (κ2) is 9.15. The zero-order valence-electron chi connectivity index (χ0n) is 17.9. The molecule has 2 saturated heterocycles. The van der Waals surface area contributed by atoms with Crippen LogP contribution in [0.4, 0.5) is 10.1 Å². The van der Waals surface area contributed by atoms with Crippen molar-refractivity contribution >= 4 is 11.6 Å². The summed E-state index contributed by atoms with van der Waals surface area (Å²) in [6.45, 7) is 5.47. The van der Waals surface area contributed by atoms with Gasteiger partial charge in [0.2, 0.25) is 5.95 Å². The smallest absolute Gasteiger partial charge is 0.269 e. The molecular weight excluding hydrogens is 401 g/mol. The van der Waals surface area contributed by atoms with E-state index < -0.39 is 11.9 Å². The molecule has 4 rings (SSSR count). The highest BCUT2D eigenvalue weighted by atomic mass is 19.1. The van der Waals surface area contributed by atoms with E-state index >= 15 is 0 Å². The van der Waals surface area contributed by atoms with Gasteiger partial charge in [0.1, 0.15) is 5.69 Å². The maximum atomic E-state index is 14.5. The van der Waals surface area contributed by atoms with Crippen LogP contribution in [0, 0.1) is 5.95 Å². The van der Waals surface area contributed by atoms with E-state index in [1.54, 1.807) is 12.1 Å². The zero-order chi connectivity index (χ0) is 22.0. The Morgan fingerprint density at radius 1 is 1.26 bits per heavy atom. The van der Waals surface area contributed by atoms with Crippen LogP contribution in [-0.4, -0.2) is 66.7 Å². The molecule has 0 spiro atoms. The number of nitrogens with zero attached hydrogens (tertiary/aromatic N) is 3. The number of aromatic amines is 1. The number of carbonyl (C=O) groups excluding carboxylic acids is 1. The van der Waals surface area contributed by atoms with Crippen molar-refractivity contribution in [3.05, 3.63) is 57.5 Å². The largest absolute Gasteiger partial charge is 0.370 e. The van der Waals surface area contributed by atoms with Crippen molar-refractivity contribution in [2.75, 3.05) is 44.7 Å². The first-order valence-corrected chi connectivity index (χ1v) is 10.7. The predicted molar refractivity (Wildman–Crippen MR) is 115 cm³/mol. The molecule has 1 amide bonds. The molecule has 2 aromatic heterocycles. The minimum absolute atomic E-state index is 0.0428. The molecular formula is C22H28FN5O3. The van der Waals surface area contributed by atoms with Crippen LogP contribution in [0.5, 0.6) is 0 Å². The minimum Gasteiger partial charge on any atom is -0.370 e. The predicted octanol–water partition coefficient (Wildman–Crippen LogP) is 1.48. The Kier molecular flexibility index (Phi) is 6.33. The summed E-state index contributed by atoms with van der Waals surface area (Å²) >= 11 is 0. The van der Waals surface area contributed by atoms with Gasteiger partial charge in [0.05, 0.1) is 18.4 Å². The summed E-state index contributed by atoms with van der Waals surface area (Å²) in [7, 11) is 1.49. The van der Waals surface area contributed by atoms with Crippen molar-refractivity contribution in [3.8, 4) is 0 Å². The normalized spacial score (nSPS) is 22.0. The molecule has 9 heteroatoms. The van der Waals surface area contributed by atoms with Gasteiger partial charge in [-0.2, -0.15) is 4.39 Å². The van der Waals surface area contributed by atoms with Crippen LogP contribution in [0.25, 0.3) is 0 Å². The number of piperazine rings is 1. The van der Waals surface area contributed by atoms with Crippen LogP contribution < -0.4 is 15.8 Å². The summed E-state index contributed by atoms with van der Waals surface area (Å²) in [5, 5.41) is 2.45. The number of hydrogen-bond donors (Lipinski definition) is 2. The van der Waals surface area contributed by atoms with E-state index in [1.807, 2.05) is 24.0 Å². The van der Waals surface area contributed by atoms with Crippen molar-refractivity contribution in [1.82, 2.24) is 20.2 Å². The number of nitrogens with one attached hydrogen (secondary N) is 2. The van der Waals surface area contributed by atoms with Crippen LogP contribution in [0.3, 0.4) is 0 Å². The highest BCUT2D eigenvalue weighted by molar-refractivity contribution is 5.92. The topological polar surface area (TPSA) is 90.6 Å². The number of aryl methyl sites for hydroxylation is 1. The minimum atomic E-state index is -0.627. The van der Waals surface area contributed by atoms with Gasteiger partial charge in [-0.15, -0.1) is 0 Å². The Bertz CT molecular complexity index is 1000. The molecule has 8 nitrogen and oxygen atoms in total. The number of pyridine rings is 2. The maximum absolute atomic E-state index is 14.5. The van der Waals surface area contributed by atoms with E-state index in [1.165, 1.54) is 7.05 Å². The third kappa shape index (κ3) is 4.47. The second-order valence-corrected chi connectivity index (χ2v) is 7.94. The number of H-pyrrole nitrogens is 1. The van der Waals surface area contributed by atoms with Gasteiger partial charge >= 0.3 is 0 Å². The van der Waals surface area contributed by atoms with Crippen LogP contribution in [-0.2, 0) is 11.2 Å². The van der Waals surface area contributed by atoms with Gasteiger partial charge in [-0.05, 0) is 31.0 Å².